The molecule has 0 aliphatic carbocycles. The predicted molar refractivity (Wildman–Crippen MR) is 93.5 cm³/mol. The summed E-state index contributed by atoms with van der Waals surface area (Å²) in [6, 6.07) is 8.33. The molecule has 1 atom stereocenters. The van der Waals surface area contributed by atoms with Crippen LogP contribution in [0.3, 0.4) is 0 Å². The third-order valence-corrected chi connectivity index (χ3v) is 4.07. The van der Waals surface area contributed by atoms with Gasteiger partial charge in [0.25, 0.3) is 0 Å². The van der Waals surface area contributed by atoms with E-state index in [9.17, 15) is 0 Å². The first kappa shape index (κ1) is 16.8. The van der Waals surface area contributed by atoms with Gasteiger partial charge >= 0.3 is 0 Å². The number of hydrogen-bond acceptors (Lipinski definition) is 2. The number of nitrogens with one attached hydrogen (secondary N) is 1. The van der Waals surface area contributed by atoms with E-state index in [4.69, 9.17) is 10.5 Å². The van der Waals surface area contributed by atoms with Crippen molar-refractivity contribution in [3.05, 3.63) is 29.8 Å². The first-order chi connectivity index (χ1) is 10.6. The number of nitrogens with two attached hydrogens (primary N) is 1. The maximum atomic E-state index is 5.96. The molecule has 1 saturated heterocycles. The molecule has 0 bridgehead atoms. The normalized spacial score (nSPS) is 19.4. The Kier molecular flexibility index (Phi) is 6.72. The van der Waals surface area contributed by atoms with E-state index in [0.29, 0.717) is 18.0 Å². The largest absolute Gasteiger partial charge is 0.378 e. The number of ether oxygens (including phenoxy) is 1. The summed E-state index contributed by atoms with van der Waals surface area (Å²) in [5, 5.41) is 3.17. The molecule has 1 fully saturated rings. The van der Waals surface area contributed by atoms with Crippen molar-refractivity contribution < 1.29 is 4.74 Å². The zero-order valence-electron chi connectivity index (χ0n) is 13.8. The molecule has 1 aliphatic heterocycles. The SMILES string of the molecule is CC(C)c1cccc(NC(N)=NCCCC2CCCCO2)c1. The quantitative estimate of drug-likeness (QED) is 0.476. The predicted octanol–water partition coefficient (Wildman–Crippen LogP) is 3.89. The van der Waals surface area contributed by atoms with Crippen LogP contribution in [0.5, 0.6) is 0 Å². The fourth-order valence-electron chi connectivity index (χ4n) is 2.72. The standard InChI is InChI=1S/C18H29N3O/c1-14(2)15-7-5-8-16(13-15)21-18(19)20-11-6-10-17-9-3-4-12-22-17/h5,7-8,13-14,17H,3-4,6,9-12H2,1-2H3,(H3,19,20,21). The molecule has 2 rings (SSSR count). The second-order valence-corrected chi connectivity index (χ2v) is 6.30. The fraction of sp³-hybridized carbons (Fsp3) is 0.611. The van der Waals surface area contributed by atoms with Crippen LogP contribution in [0.1, 0.15) is 57.4 Å². The average molecular weight is 303 g/mol. The Balaban J connectivity index is 1.73. The second-order valence-electron chi connectivity index (χ2n) is 6.30. The molecule has 0 aromatic heterocycles. The lowest BCUT2D eigenvalue weighted by molar-refractivity contribution is 0.0105. The average Bonchev–Trinajstić information content (AvgIpc) is 2.53. The highest BCUT2D eigenvalue weighted by molar-refractivity contribution is 5.92. The van der Waals surface area contributed by atoms with Crippen LogP contribution in [-0.4, -0.2) is 25.2 Å². The zero-order chi connectivity index (χ0) is 15.8. The van der Waals surface area contributed by atoms with Gasteiger partial charge < -0.3 is 15.8 Å². The van der Waals surface area contributed by atoms with Gasteiger partial charge in [-0.3, -0.25) is 4.99 Å². The van der Waals surface area contributed by atoms with Gasteiger partial charge in [-0.25, -0.2) is 0 Å². The summed E-state index contributed by atoms with van der Waals surface area (Å²) in [6.07, 6.45) is 6.24. The van der Waals surface area contributed by atoms with Crippen LogP contribution in [-0.2, 0) is 4.74 Å². The monoisotopic (exact) mass is 303 g/mol. The molecule has 0 amide bonds. The van der Waals surface area contributed by atoms with Gasteiger partial charge in [-0.05, 0) is 55.7 Å². The van der Waals surface area contributed by atoms with Gasteiger partial charge in [-0.15, -0.1) is 0 Å². The Bertz CT molecular complexity index is 479. The van der Waals surface area contributed by atoms with Crippen LogP contribution in [0.25, 0.3) is 0 Å². The molecular formula is C18H29N3O. The minimum atomic E-state index is 0.431. The number of hydrogen-bond donors (Lipinski definition) is 2. The Morgan fingerprint density at radius 1 is 1.41 bits per heavy atom. The van der Waals surface area contributed by atoms with E-state index < -0.39 is 0 Å². The smallest absolute Gasteiger partial charge is 0.193 e. The second kappa shape index (κ2) is 8.79. The van der Waals surface area contributed by atoms with Gasteiger partial charge in [-0.1, -0.05) is 26.0 Å². The van der Waals surface area contributed by atoms with Crippen LogP contribution in [0, 0.1) is 0 Å². The highest BCUT2D eigenvalue weighted by Crippen LogP contribution is 2.18. The summed E-state index contributed by atoms with van der Waals surface area (Å²) in [6.45, 7) is 6.04. The molecule has 1 aliphatic rings. The number of rotatable bonds is 6. The maximum Gasteiger partial charge on any atom is 0.193 e. The van der Waals surface area contributed by atoms with Gasteiger partial charge in [0.2, 0.25) is 0 Å². The Labute approximate surface area is 134 Å². The maximum absolute atomic E-state index is 5.96. The summed E-state index contributed by atoms with van der Waals surface area (Å²) >= 11 is 0. The molecule has 0 saturated carbocycles. The Morgan fingerprint density at radius 2 is 2.27 bits per heavy atom. The van der Waals surface area contributed by atoms with Crippen molar-refractivity contribution in [3.63, 3.8) is 0 Å². The third-order valence-electron chi connectivity index (χ3n) is 4.07. The van der Waals surface area contributed by atoms with Gasteiger partial charge in [0.15, 0.2) is 5.96 Å². The van der Waals surface area contributed by atoms with Crippen molar-refractivity contribution in [2.75, 3.05) is 18.5 Å². The van der Waals surface area contributed by atoms with Gasteiger partial charge in [-0.2, -0.15) is 0 Å². The molecule has 1 unspecified atom stereocenters. The van der Waals surface area contributed by atoms with Gasteiger partial charge in [0, 0.05) is 18.8 Å². The summed E-state index contributed by atoms with van der Waals surface area (Å²) in [5.41, 5.74) is 8.26. The van der Waals surface area contributed by atoms with E-state index >= 15 is 0 Å². The van der Waals surface area contributed by atoms with Crippen LogP contribution >= 0.6 is 0 Å². The summed E-state index contributed by atoms with van der Waals surface area (Å²) < 4.78 is 5.72. The van der Waals surface area contributed by atoms with Crippen LogP contribution in [0.2, 0.25) is 0 Å². The molecular weight excluding hydrogens is 274 g/mol. The highest BCUT2D eigenvalue weighted by atomic mass is 16.5. The zero-order valence-corrected chi connectivity index (χ0v) is 13.8. The minimum Gasteiger partial charge on any atom is -0.378 e. The van der Waals surface area contributed by atoms with Crippen molar-refractivity contribution >= 4 is 11.6 Å². The first-order valence-corrected chi connectivity index (χ1v) is 8.43. The Hall–Kier alpha value is -1.55. The molecule has 3 N–H and O–H groups in total. The molecule has 1 aromatic rings. The lowest BCUT2D eigenvalue weighted by atomic mass is 10.0. The summed E-state index contributed by atoms with van der Waals surface area (Å²) in [5.74, 6) is 1.00. The lowest BCUT2D eigenvalue weighted by Gasteiger charge is -2.22. The molecule has 4 nitrogen and oxygen atoms in total. The van der Waals surface area contributed by atoms with Crippen molar-refractivity contribution in [1.29, 1.82) is 0 Å². The van der Waals surface area contributed by atoms with E-state index in [1.54, 1.807) is 0 Å². The number of aliphatic imine (C=N–C) groups is 1. The van der Waals surface area contributed by atoms with E-state index in [1.807, 2.05) is 12.1 Å². The van der Waals surface area contributed by atoms with Crippen molar-refractivity contribution in [2.45, 2.75) is 58.0 Å². The Morgan fingerprint density at radius 3 is 3.00 bits per heavy atom. The van der Waals surface area contributed by atoms with Crippen LogP contribution in [0.4, 0.5) is 5.69 Å². The minimum absolute atomic E-state index is 0.431. The number of anilines is 1. The first-order valence-electron chi connectivity index (χ1n) is 8.43. The van der Waals surface area contributed by atoms with E-state index in [0.717, 1.165) is 31.7 Å². The summed E-state index contributed by atoms with van der Waals surface area (Å²) in [7, 11) is 0. The van der Waals surface area contributed by atoms with Crippen molar-refractivity contribution in [2.24, 2.45) is 10.7 Å². The third kappa shape index (κ3) is 5.68. The topological polar surface area (TPSA) is 59.6 Å². The van der Waals surface area contributed by atoms with Crippen LogP contribution in [0.15, 0.2) is 29.3 Å². The fourth-order valence-corrected chi connectivity index (χ4v) is 2.72. The summed E-state index contributed by atoms with van der Waals surface area (Å²) in [4.78, 5) is 4.41. The molecule has 122 valence electrons. The number of benzene rings is 1. The molecule has 4 heteroatoms. The number of guanidine groups is 1. The van der Waals surface area contributed by atoms with Gasteiger partial charge in [0.1, 0.15) is 0 Å². The molecule has 1 aromatic carbocycles. The van der Waals surface area contributed by atoms with E-state index in [1.165, 1.54) is 24.8 Å². The molecule has 22 heavy (non-hydrogen) atoms. The molecule has 0 radical (unpaired) electrons. The van der Waals surface area contributed by atoms with Crippen molar-refractivity contribution in [1.82, 2.24) is 0 Å². The van der Waals surface area contributed by atoms with Gasteiger partial charge in [0.05, 0.1) is 6.10 Å². The molecule has 0 spiro atoms. The lowest BCUT2D eigenvalue weighted by Crippen LogP contribution is -2.23. The van der Waals surface area contributed by atoms with Crippen molar-refractivity contribution in [3.8, 4) is 0 Å². The molecule has 1 heterocycles. The number of nitrogens with zero attached hydrogens (tertiary/aromatic N) is 1. The van der Waals surface area contributed by atoms with E-state index in [2.05, 4.69) is 36.3 Å². The van der Waals surface area contributed by atoms with Crippen LogP contribution < -0.4 is 11.1 Å². The van der Waals surface area contributed by atoms with E-state index in [-0.39, 0.29) is 0 Å². The highest BCUT2D eigenvalue weighted by Gasteiger charge is 2.12.